The number of hydrogen-bond acceptors (Lipinski definition) is 3. The average Bonchev–Trinajstić information content (AvgIpc) is 2.87. The van der Waals surface area contributed by atoms with Crippen LogP contribution in [0.25, 0.3) is 10.9 Å². The number of rotatable bonds is 4. The molecule has 3 rings (SSSR count). The molecule has 1 heterocycles. The molecule has 0 spiro atoms. The Kier molecular flexibility index (Phi) is 3.87. The molecule has 0 unspecified atom stereocenters. The van der Waals surface area contributed by atoms with E-state index in [2.05, 4.69) is 0 Å². The van der Waals surface area contributed by atoms with E-state index in [0.717, 1.165) is 3.97 Å². The topological polar surface area (TPSA) is 76.4 Å². The number of hydrogen-bond donors (Lipinski definition) is 1. The van der Waals surface area contributed by atoms with Crippen molar-refractivity contribution in [1.82, 2.24) is 3.97 Å². The van der Waals surface area contributed by atoms with Gasteiger partial charge < -0.3 is 5.11 Å². The van der Waals surface area contributed by atoms with Gasteiger partial charge in [-0.05, 0) is 23.8 Å². The lowest BCUT2D eigenvalue weighted by Crippen LogP contribution is -2.19. The highest BCUT2D eigenvalue weighted by molar-refractivity contribution is 7.89. The SMILES string of the molecule is O=C(O)c1cc2ccc(Cl)cc2n1S(=O)(=O)Cc1ccccc1. The highest BCUT2D eigenvalue weighted by Crippen LogP contribution is 2.26. The first-order valence-corrected chi connectivity index (χ1v) is 8.69. The maximum Gasteiger partial charge on any atom is 0.353 e. The number of carboxylic acids is 1. The van der Waals surface area contributed by atoms with Crippen LogP contribution in [0.3, 0.4) is 0 Å². The predicted molar refractivity (Wildman–Crippen MR) is 88.4 cm³/mol. The normalized spacial score (nSPS) is 11.7. The molecule has 0 aliphatic rings. The summed E-state index contributed by atoms with van der Waals surface area (Å²) < 4.78 is 26.4. The molecule has 2 aromatic carbocycles. The molecule has 0 saturated carbocycles. The van der Waals surface area contributed by atoms with Gasteiger partial charge in [0.2, 0.25) is 10.0 Å². The van der Waals surface area contributed by atoms with Gasteiger partial charge in [0.1, 0.15) is 5.69 Å². The summed E-state index contributed by atoms with van der Waals surface area (Å²) in [5.41, 5.74) is 0.525. The van der Waals surface area contributed by atoms with E-state index in [-0.39, 0.29) is 17.0 Å². The molecule has 1 N–H and O–H groups in total. The molecule has 5 nitrogen and oxygen atoms in total. The number of nitrogens with zero attached hydrogens (tertiary/aromatic N) is 1. The van der Waals surface area contributed by atoms with Crippen molar-refractivity contribution in [2.75, 3.05) is 0 Å². The van der Waals surface area contributed by atoms with Crippen LogP contribution in [0, 0.1) is 0 Å². The Morgan fingerprint density at radius 2 is 1.78 bits per heavy atom. The fourth-order valence-electron chi connectivity index (χ4n) is 2.45. The van der Waals surface area contributed by atoms with Crippen LogP contribution in [0.1, 0.15) is 16.1 Å². The van der Waals surface area contributed by atoms with Gasteiger partial charge >= 0.3 is 5.97 Å². The quantitative estimate of drug-likeness (QED) is 0.783. The van der Waals surface area contributed by atoms with E-state index in [1.165, 1.54) is 12.1 Å². The van der Waals surface area contributed by atoms with E-state index in [9.17, 15) is 18.3 Å². The standard InChI is InChI=1S/C16H12ClNO4S/c17-13-7-6-12-8-15(16(19)20)18(14(12)9-13)23(21,22)10-11-4-2-1-3-5-11/h1-9H,10H2,(H,19,20). The number of aromatic nitrogens is 1. The molecule has 0 bridgehead atoms. The van der Waals surface area contributed by atoms with Crippen molar-refractivity contribution in [3.05, 3.63) is 70.9 Å². The smallest absolute Gasteiger partial charge is 0.353 e. The number of carboxylic acid groups (broad SMARTS) is 1. The molecule has 1 aromatic heterocycles. The van der Waals surface area contributed by atoms with Crippen molar-refractivity contribution in [2.45, 2.75) is 5.75 Å². The van der Waals surface area contributed by atoms with Gasteiger partial charge in [0, 0.05) is 10.4 Å². The molecule has 0 fully saturated rings. The van der Waals surface area contributed by atoms with Crippen LogP contribution in [-0.4, -0.2) is 23.5 Å². The zero-order valence-electron chi connectivity index (χ0n) is 11.8. The van der Waals surface area contributed by atoms with E-state index < -0.39 is 16.0 Å². The molecular weight excluding hydrogens is 338 g/mol. The first-order chi connectivity index (χ1) is 10.9. The second-order valence-electron chi connectivity index (χ2n) is 5.04. The molecule has 3 aromatic rings. The molecule has 0 atom stereocenters. The van der Waals surface area contributed by atoms with Crippen molar-refractivity contribution in [3.63, 3.8) is 0 Å². The Hall–Kier alpha value is -2.31. The highest BCUT2D eigenvalue weighted by atomic mass is 35.5. The number of benzene rings is 2. The Morgan fingerprint density at radius 3 is 2.43 bits per heavy atom. The molecule has 0 amide bonds. The van der Waals surface area contributed by atoms with Crippen LogP contribution in [0.4, 0.5) is 0 Å². The summed E-state index contributed by atoms with van der Waals surface area (Å²) in [5.74, 6) is -1.61. The largest absolute Gasteiger partial charge is 0.477 e. The first kappa shape index (κ1) is 15.6. The fraction of sp³-hybridized carbons (Fsp3) is 0.0625. The van der Waals surface area contributed by atoms with Gasteiger partial charge in [-0.3, -0.25) is 0 Å². The summed E-state index contributed by atoms with van der Waals surface area (Å²) >= 11 is 5.93. The van der Waals surface area contributed by atoms with Crippen molar-refractivity contribution in [2.24, 2.45) is 0 Å². The lowest BCUT2D eigenvalue weighted by atomic mass is 10.2. The zero-order valence-corrected chi connectivity index (χ0v) is 13.4. The number of aromatic carboxylic acids is 1. The lowest BCUT2D eigenvalue weighted by molar-refractivity contribution is 0.0689. The van der Waals surface area contributed by atoms with Crippen LogP contribution in [0.15, 0.2) is 54.6 Å². The predicted octanol–water partition coefficient (Wildman–Crippen LogP) is 3.37. The van der Waals surface area contributed by atoms with Crippen LogP contribution in [0.2, 0.25) is 5.02 Å². The molecule has 7 heteroatoms. The van der Waals surface area contributed by atoms with Crippen LogP contribution >= 0.6 is 11.6 Å². The van der Waals surface area contributed by atoms with E-state index in [1.807, 2.05) is 0 Å². The van der Waals surface area contributed by atoms with Gasteiger partial charge in [-0.15, -0.1) is 0 Å². The molecule has 0 aliphatic heterocycles. The number of fused-ring (bicyclic) bond motifs is 1. The van der Waals surface area contributed by atoms with Gasteiger partial charge in [0.25, 0.3) is 0 Å². The maximum atomic E-state index is 12.8. The summed E-state index contributed by atoms with van der Waals surface area (Å²) in [6.07, 6.45) is 0. The van der Waals surface area contributed by atoms with Gasteiger partial charge in [-0.25, -0.2) is 17.2 Å². The molecule has 118 valence electrons. The van der Waals surface area contributed by atoms with Crippen molar-refractivity contribution < 1.29 is 18.3 Å². The van der Waals surface area contributed by atoms with Crippen LogP contribution < -0.4 is 0 Å². The minimum absolute atomic E-state index is 0.255. The Labute approximate surface area is 137 Å². The van der Waals surface area contributed by atoms with Crippen molar-refractivity contribution in [1.29, 1.82) is 0 Å². The molecule has 0 radical (unpaired) electrons. The van der Waals surface area contributed by atoms with Crippen LogP contribution in [-0.2, 0) is 15.8 Å². The third kappa shape index (κ3) is 2.95. The molecule has 23 heavy (non-hydrogen) atoms. The van der Waals surface area contributed by atoms with Gasteiger partial charge in [-0.1, -0.05) is 48.0 Å². The summed E-state index contributed by atoms with van der Waals surface area (Å²) in [7, 11) is -3.91. The highest BCUT2D eigenvalue weighted by Gasteiger charge is 2.25. The minimum Gasteiger partial charge on any atom is -0.477 e. The lowest BCUT2D eigenvalue weighted by Gasteiger charge is -2.10. The van der Waals surface area contributed by atoms with E-state index >= 15 is 0 Å². The maximum absolute atomic E-state index is 12.8. The summed E-state index contributed by atoms with van der Waals surface area (Å²) in [6.45, 7) is 0. The third-order valence-corrected chi connectivity index (χ3v) is 5.29. The van der Waals surface area contributed by atoms with Crippen molar-refractivity contribution in [3.8, 4) is 0 Å². The summed E-state index contributed by atoms with van der Waals surface area (Å²) in [4.78, 5) is 11.5. The second-order valence-corrected chi connectivity index (χ2v) is 7.30. The van der Waals surface area contributed by atoms with Crippen molar-refractivity contribution >= 4 is 38.5 Å². The molecular formula is C16H12ClNO4S. The van der Waals surface area contributed by atoms with Gasteiger partial charge in [0.05, 0.1) is 11.3 Å². The number of halogens is 1. The van der Waals surface area contributed by atoms with Gasteiger partial charge in [-0.2, -0.15) is 0 Å². The Bertz CT molecular complexity index is 994. The summed E-state index contributed by atoms with van der Waals surface area (Å²) in [5, 5.41) is 10.2. The van der Waals surface area contributed by atoms with E-state index in [0.29, 0.717) is 16.0 Å². The molecule has 0 saturated heterocycles. The van der Waals surface area contributed by atoms with Gasteiger partial charge in [0.15, 0.2) is 0 Å². The van der Waals surface area contributed by atoms with E-state index in [4.69, 9.17) is 11.6 Å². The molecule has 0 aliphatic carbocycles. The zero-order chi connectivity index (χ0) is 16.6. The average molecular weight is 350 g/mol. The summed E-state index contributed by atoms with van der Waals surface area (Å²) in [6, 6.07) is 14.6. The Morgan fingerprint density at radius 1 is 1.09 bits per heavy atom. The first-order valence-electron chi connectivity index (χ1n) is 6.70. The van der Waals surface area contributed by atoms with Crippen LogP contribution in [0.5, 0.6) is 0 Å². The number of carbonyl (C=O) groups is 1. The van der Waals surface area contributed by atoms with E-state index in [1.54, 1.807) is 42.5 Å². The monoisotopic (exact) mass is 349 g/mol. The fourth-order valence-corrected chi connectivity index (χ4v) is 4.25. The Balaban J connectivity index is 2.22. The minimum atomic E-state index is -3.91. The second kappa shape index (κ2) is 5.72. The third-order valence-electron chi connectivity index (χ3n) is 3.41.